The number of nitrogens with two attached hydrogens (primary N) is 1. The first-order chi connectivity index (χ1) is 6.41. The minimum Gasteiger partial charge on any atom is -0.387 e. The van der Waals surface area contributed by atoms with Crippen LogP contribution in [0.15, 0.2) is 4.99 Å². The summed E-state index contributed by atoms with van der Waals surface area (Å²) in [4.78, 5) is 4.20. The molecule has 0 aliphatic carbocycles. The topological polar surface area (TPSA) is 72.5 Å². The van der Waals surface area contributed by atoms with E-state index in [1.165, 1.54) is 0 Å². The van der Waals surface area contributed by atoms with Crippen molar-refractivity contribution in [3.63, 3.8) is 0 Å². The number of amidine groups is 1. The van der Waals surface area contributed by atoms with Crippen molar-refractivity contribution in [1.82, 2.24) is 0 Å². The highest BCUT2D eigenvalue weighted by atomic mass is 32.2. The maximum atomic E-state index is 11.1. The van der Waals surface area contributed by atoms with Gasteiger partial charge in [-0.15, -0.1) is 0 Å². The van der Waals surface area contributed by atoms with Gasteiger partial charge in [0.2, 0.25) is 0 Å². The molecule has 1 heterocycles. The van der Waals surface area contributed by atoms with Crippen LogP contribution in [0.2, 0.25) is 0 Å². The molecule has 1 atom stereocenters. The Morgan fingerprint density at radius 2 is 2.21 bits per heavy atom. The first-order valence-corrected chi connectivity index (χ1v) is 6.73. The smallest absolute Gasteiger partial charge is 0.150 e. The van der Waals surface area contributed by atoms with Gasteiger partial charge in [-0.3, -0.25) is 4.99 Å². The van der Waals surface area contributed by atoms with Crippen LogP contribution in [0.5, 0.6) is 0 Å². The first kappa shape index (κ1) is 11.5. The normalized spacial score (nSPS) is 27.1. The summed E-state index contributed by atoms with van der Waals surface area (Å²) in [5, 5.41) is 0. The van der Waals surface area contributed by atoms with Gasteiger partial charge in [-0.2, -0.15) is 0 Å². The van der Waals surface area contributed by atoms with Crippen LogP contribution in [0.1, 0.15) is 20.3 Å². The lowest BCUT2D eigenvalue weighted by molar-refractivity contribution is 0.590. The van der Waals surface area contributed by atoms with Gasteiger partial charge in [-0.25, -0.2) is 8.42 Å². The average Bonchev–Trinajstić information content (AvgIpc) is 2.41. The van der Waals surface area contributed by atoms with Gasteiger partial charge in [-0.1, -0.05) is 13.8 Å². The molecule has 1 saturated heterocycles. The van der Waals surface area contributed by atoms with Gasteiger partial charge in [0.1, 0.15) is 0 Å². The molecule has 0 aromatic carbocycles. The second-order valence-corrected chi connectivity index (χ2v) is 6.42. The Morgan fingerprint density at radius 1 is 1.57 bits per heavy atom. The molecule has 4 nitrogen and oxygen atoms in total. The van der Waals surface area contributed by atoms with Crippen molar-refractivity contribution < 1.29 is 8.42 Å². The third-order valence-corrected chi connectivity index (χ3v) is 4.29. The molecule has 5 heteroatoms. The van der Waals surface area contributed by atoms with Crippen molar-refractivity contribution in [2.45, 2.75) is 20.3 Å². The van der Waals surface area contributed by atoms with Crippen LogP contribution in [-0.2, 0) is 9.84 Å². The average molecular weight is 218 g/mol. The minimum absolute atomic E-state index is 0.178. The Balaban J connectivity index is 2.45. The molecule has 1 unspecified atom stereocenters. The predicted molar refractivity (Wildman–Crippen MR) is 58.1 cm³/mol. The molecule has 0 radical (unpaired) electrons. The maximum absolute atomic E-state index is 11.1. The third-order valence-electron chi connectivity index (χ3n) is 2.45. The zero-order valence-corrected chi connectivity index (χ0v) is 9.55. The highest BCUT2D eigenvalue weighted by Crippen LogP contribution is 2.18. The van der Waals surface area contributed by atoms with Gasteiger partial charge in [0.05, 0.1) is 17.3 Å². The Hall–Kier alpha value is -0.580. The van der Waals surface area contributed by atoms with Crippen molar-refractivity contribution in [1.29, 1.82) is 0 Å². The molecule has 82 valence electrons. The van der Waals surface area contributed by atoms with Gasteiger partial charge < -0.3 is 5.73 Å². The molecule has 1 aliphatic heterocycles. The van der Waals surface area contributed by atoms with Crippen molar-refractivity contribution in [2.75, 3.05) is 18.1 Å². The van der Waals surface area contributed by atoms with E-state index in [1.54, 1.807) is 0 Å². The number of aliphatic imine (C=N–C) groups is 1. The fraction of sp³-hybridized carbons (Fsp3) is 0.889. The van der Waals surface area contributed by atoms with Crippen molar-refractivity contribution >= 4 is 15.7 Å². The number of nitrogens with zero attached hydrogens (tertiary/aromatic N) is 1. The highest BCUT2D eigenvalue weighted by Gasteiger charge is 2.27. The third kappa shape index (κ3) is 3.29. The maximum Gasteiger partial charge on any atom is 0.150 e. The van der Waals surface area contributed by atoms with Gasteiger partial charge in [0, 0.05) is 12.5 Å². The molecular weight excluding hydrogens is 200 g/mol. The van der Waals surface area contributed by atoms with Gasteiger partial charge in [-0.05, 0) is 12.3 Å². The van der Waals surface area contributed by atoms with E-state index in [2.05, 4.69) is 4.99 Å². The van der Waals surface area contributed by atoms with E-state index in [1.807, 2.05) is 13.8 Å². The summed E-state index contributed by atoms with van der Waals surface area (Å²) in [6.45, 7) is 4.51. The lowest BCUT2D eigenvalue weighted by atomic mass is 10.1. The van der Waals surface area contributed by atoms with E-state index < -0.39 is 9.84 Å². The summed E-state index contributed by atoms with van der Waals surface area (Å²) in [6.07, 6.45) is 0.733. The largest absolute Gasteiger partial charge is 0.387 e. The Morgan fingerprint density at radius 3 is 2.64 bits per heavy atom. The number of hydrogen-bond acceptors (Lipinski definition) is 3. The van der Waals surface area contributed by atoms with Crippen LogP contribution in [0.3, 0.4) is 0 Å². The molecular formula is C9H18N2O2S. The van der Waals surface area contributed by atoms with E-state index >= 15 is 0 Å². The monoisotopic (exact) mass is 218 g/mol. The van der Waals surface area contributed by atoms with Crippen LogP contribution >= 0.6 is 0 Å². The molecule has 1 fully saturated rings. The first-order valence-electron chi connectivity index (χ1n) is 4.91. The molecule has 0 saturated carbocycles. The van der Waals surface area contributed by atoms with E-state index in [4.69, 9.17) is 5.73 Å². The fourth-order valence-electron chi connectivity index (χ4n) is 1.43. The van der Waals surface area contributed by atoms with Crippen molar-refractivity contribution in [2.24, 2.45) is 22.6 Å². The summed E-state index contributed by atoms with van der Waals surface area (Å²) in [6, 6.07) is 0. The van der Waals surface area contributed by atoms with Crippen molar-refractivity contribution in [3.05, 3.63) is 0 Å². The number of sulfone groups is 1. The second-order valence-electron chi connectivity index (χ2n) is 4.19. The van der Waals surface area contributed by atoms with E-state index in [-0.39, 0.29) is 17.6 Å². The lowest BCUT2D eigenvalue weighted by Gasteiger charge is -2.06. The standard InChI is InChI=1S/C9H18N2O2S/c1-7(2)9(10)11-5-8-3-4-14(12,13)6-8/h7-8H,3-6H2,1-2H3,(H2,10,11). The zero-order valence-electron chi connectivity index (χ0n) is 8.73. The Labute approximate surface area is 85.5 Å². The molecule has 2 N–H and O–H groups in total. The lowest BCUT2D eigenvalue weighted by Crippen LogP contribution is -2.20. The quantitative estimate of drug-likeness (QED) is 0.551. The zero-order chi connectivity index (χ0) is 10.8. The summed E-state index contributed by atoms with van der Waals surface area (Å²) >= 11 is 0. The summed E-state index contributed by atoms with van der Waals surface area (Å²) in [5.74, 6) is 1.64. The highest BCUT2D eigenvalue weighted by molar-refractivity contribution is 7.91. The molecule has 1 aliphatic rings. The second kappa shape index (κ2) is 4.29. The molecule has 0 bridgehead atoms. The number of hydrogen-bond donors (Lipinski definition) is 1. The molecule has 0 aromatic heterocycles. The molecule has 1 rings (SSSR count). The SMILES string of the molecule is CC(C)C(N)=NCC1CCS(=O)(=O)C1. The summed E-state index contributed by atoms with van der Waals surface area (Å²) in [5.41, 5.74) is 5.66. The molecule has 0 aromatic rings. The van der Waals surface area contributed by atoms with Gasteiger partial charge >= 0.3 is 0 Å². The van der Waals surface area contributed by atoms with E-state index in [9.17, 15) is 8.42 Å². The van der Waals surface area contributed by atoms with Crippen molar-refractivity contribution in [3.8, 4) is 0 Å². The van der Waals surface area contributed by atoms with Gasteiger partial charge in [0.25, 0.3) is 0 Å². The summed E-state index contributed by atoms with van der Waals surface area (Å²) < 4.78 is 22.3. The molecule has 0 amide bonds. The Bertz CT molecular complexity index is 320. The fourth-order valence-corrected chi connectivity index (χ4v) is 3.28. The van der Waals surface area contributed by atoms with E-state index in [0.29, 0.717) is 18.1 Å². The minimum atomic E-state index is -2.77. The van der Waals surface area contributed by atoms with Crippen LogP contribution in [0, 0.1) is 11.8 Å². The number of rotatable bonds is 3. The predicted octanol–water partition coefficient (Wildman–Crippen LogP) is 0.434. The van der Waals surface area contributed by atoms with Crippen LogP contribution in [-0.4, -0.2) is 32.3 Å². The van der Waals surface area contributed by atoms with Crippen LogP contribution < -0.4 is 5.73 Å². The van der Waals surface area contributed by atoms with Crippen LogP contribution in [0.4, 0.5) is 0 Å². The van der Waals surface area contributed by atoms with Crippen LogP contribution in [0.25, 0.3) is 0 Å². The summed E-state index contributed by atoms with van der Waals surface area (Å²) in [7, 11) is -2.77. The molecule has 14 heavy (non-hydrogen) atoms. The van der Waals surface area contributed by atoms with E-state index in [0.717, 1.165) is 6.42 Å². The molecule has 0 spiro atoms. The van der Waals surface area contributed by atoms with Gasteiger partial charge in [0.15, 0.2) is 9.84 Å². The Kier molecular flexibility index (Phi) is 3.53.